The molecule has 1 aromatic heterocycles. The van der Waals surface area contributed by atoms with Crippen LogP contribution in [0.4, 0.5) is 18.0 Å². The van der Waals surface area contributed by atoms with Crippen molar-refractivity contribution in [1.29, 1.82) is 0 Å². The summed E-state index contributed by atoms with van der Waals surface area (Å²) in [5, 5.41) is -0.0401. The van der Waals surface area contributed by atoms with E-state index in [2.05, 4.69) is 14.5 Å². The number of amides is 1. The Morgan fingerprint density at radius 3 is 2.72 bits per heavy atom. The number of alkyl halides is 3. The molecule has 0 radical (unpaired) electrons. The van der Waals surface area contributed by atoms with Gasteiger partial charge in [-0.3, -0.25) is 0 Å². The van der Waals surface area contributed by atoms with Gasteiger partial charge in [-0.15, -0.1) is 13.2 Å². The van der Waals surface area contributed by atoms with Crippen molar-refractivity contribution in [2.24, 2.45) is 5.73 Å². The zero-order valence-corrected chi connectivity index (χ0v) is 9.34. The minimum atomic E-state index is -4.77. The minimum absolute atomic E-state index is 0.0401. The van der Waals surface area contributed by atoms with Crippen LogP contribution in [-0.4, -0.2) is 17.4 Å². The van der Waals surface area contributed by atoms with Crippen molar-refractivity contribution in [2.45, 2.75) is 6.36 Å². The number of carbonyl (C=O) groups excluding carboxylic acids is 1. The second-order valence-corrected chi connectivity index (χ2v) is 4.07. The number of halogens is 3. The number of fused-ring (bicyclic) bond motifs is 1. The Labute approximate surface area is 102 Å². The number of ether oxygens (including phenoxy) is 2. The van der Waals surface area contributed by atoms with Gasteiger partial charge in [0, 0.05) is 6.07 Å². The largest absolute Gasteiger partial charge is 0.573 e. The van der Waals surface area contributed by atoms with Gasteiger partial charge in [-0.2, -0.15) is 0 Å². The number of carbonyl (C=O) groups is 1. The monoisotopic (exact) mass is 278 g/mol. The first-order valence-corrected chi connectivity index (χ1v) is 5.29. The number of hydrogen-bond acceptors (Lipinski definition) is 5. The Hall–Kier alpha value is -2.03. The molecule has 2 N–H and O–H groups in total. The van der Waals surface area contributed by atoms with Crippen molar-refractivity contribution in [2.75, 3.05) is 0 Å². The lowest BCUT2D eigenvalue weighted by Crippen LogP contribution is -2.17. The molecule has 0 aliphatic rings. The van der Waals surface area contributed by atoms with Crippen LogP contribution in [0.5, 0.6) is 10.9 Å². The number of nitrogens with two attached hydrogens (primary N) is 1. The van der Waals surface area contributed by atoms with Crippen molar-refractivity contribution in [3.8, 4) is 10.9 Å². The normalized spacial score (nSPS) is 11.5. The van der Waals surface area contributed by atoms with E-state index in [1.54, 1.807) is 0 Å². The molecule has 5 nitrogen and oxygen atoms in total. The number of thiazole rings is 1. The van der Waals surface area contributed by atoms with Gasteiger partial charge in [0.15, 0.2) is 0 Å². The third-order valence-electron chi connectivity index (χ3n) is 1.76. The molecule has 1 heterocycles. The van der Waals surface area contributed by atoms with Gasteiger partial charge in [0.2, 0.25) is 0 Å². The first kappa shape index (κ1) is 12.4. The van der Waals surface area contributed by atoms with Crippen LogP contribution in [0.25, 0.3) is 10.2 Å². The summed E-state index contributed by atoms with van der Waals surface area (Å²) in [5.74, 6) is -0.397. The molecule has 1 aromatic carbocycles. The Bertz CT molecular complexity index is 596. The van der Waals surface area contributed by atoms with Gasteiger partial charge in [-0.05, 0) is 12.1 Å². The van der Waals surface area contributed by atoms with Crippen molar-refractivity contribution in [3.05, 3.63) is 18.2 Å². The lowest BCUT2D eigenvalue weighted by molar-refractivity contribution is -0.274. The Kier molecular flexibility index (Phi) is 2.99. The molecule has 18 heavy (non-hydrogen) atoms. The van der Waals surface area contributed by atoms with Crippen LogP contribution in [0.15, 0.2) is 18.2 Å². The third-order valence-corrected chi connectivity index (χ3v) is 2.68. The summed E-state index contributed by atoms with van der Waals surface area (Å²) < 4.78 is 44.8. The SMILES string of the molecule is NC(=O)Oc1nc2cc(OC(F)(F)F)ccc2s1. The highest BCUT2D eigenvalue weighted by atomic mass is 32.1. The molecule has 0 spiro atoms. The molecule has 0 fully saturated rings. The number of aromatic nitrogens is 1. The third kappa shape index (κ3) is 3.00. The molecule has 0 unspecified atom stereocenters. The lowest BCUT2D eigenvalue weighted by Gasteiger charge is -2.07. The smallest absolute Gasteiger partial charge is 0.406 e. The fourth-order valence-corrected chi connectivity index (χ4v) is 2.01. The van der Waals surface area contributed by atoms with Crippen molar-refractivity contribution in [1.82, 2.24) is 4.98 Å². The molecule has 96 valence electrons. The highest BCUT2D eigenvalue weighted by Crippen LogP contribution is 2.32. The summed E-state index contributed by atoms with van der Waals surface area (Å²) in [6, 6.07) is 3.61. The van der Waals surface area contributed by atoms with E-state index in [4.69, 9.17) is 5.73 Å². The molecule has 1 amide bonds. The second kappa shape index (κ2) is 4.33. The van der Waals surface area contributed by atoms with Crippen LogP contribution in [0.3, 0.4) is 0 Å². The summed E-state index contributed by atoms with van der Waals surface area (Å²) >= 11 is 0.981. The van der Waals surface area contributed by atoms with Gasteiger partial charge in [0.25, 0.3) is 5.19 Å². The Morgan fingerprint density at radius 2 is 2.11 bits per heavy atom. The standard InChI is InChI=1S/C9H5F3N2O3S/c10-9(11,12)17-4-1-2-6-5(3-4)14-8(18-6)16-7(13)15/h1-3H,(H2,13,15). The molecule has 0 saturated heterocycles. The van der Waals surface area contributed by atoms with Gasteiger partial charge >= 0.3 is 12.5 Å². The minimum Gasteiger partial charge on any atom is -0.406 e. The maximum Gasteiger partial charge on any atom is 0.573 e. The predicted molar refractivity (Wildman–Crippen MR) is 56.5 cm³/mol. The number of rotatable bonds is 2. The molecular formula is C9H5F3N2O3S. The molecule has 9 heteroatoms. The number of nitrogens with zero attached hydrogens (tertiary/aromatic N) is 1. The van der Waals surface area contributed by atoms with E-state index >= 15 is 0 Å². The molecule has 0 bridgehead atoms. The maximum atomic E-state index is 12.0. The second-order valence-electron chi connectivity index (χ2n) is 3.08. The fraction of sp³-hybridized carbons (Fsp3) is 0.111. The zero-order chi connectivity index (χ0) is 13.3. The highest BCUT2D eigenvalue weighted by molar-refractivity contribution is 7.20. The predicted octanol–water partition coefficient (Wildman–Crippen LogP) is 2.65. The number of primary amides is 1. The van der Waals surface area contributed by atoms with E-state index in [9.17, 15) is 18.0 Å². The number of hydrogen-bond donors (Lipinski definition) is 1. The first-order chi connectivity index (χ1) is 8.33. The van der Waals surface area contributed by atoms with Gasteiger partial charge in [0.1, 0.15) is 5.75 Å². The average molecular weight is 278 g/mol. The summed E-state index contributed by atoms with van der Waals surface area (Å²) in [5.41, 5.74) is 5.01. The zero-order valence-electron chi connectivity index (χ0n) is 8.52. The van der Waals surface area contributed by atoms with Crippen molar-refractivity contribution in [3.63, 3.8) is 0 Å². The molecule has 0 atom stereocenters. The van der Waals surface area contributed by atoms with E-state index in [0.29, 0.717) is 4.70 Å². The van der Waals surface area contributed by atoms with Gasteiger partial charge in [-0.1, -0.05) is 11.3 Å². The highest BCUT2D eigenvalue weighted by Gasteiger charge is 2.31. The van der Waals surface area contributed by atoms with Crippen LogP contribution in [0, 0.1) is 0 Å². The van der Waals surface area contributed by atoms with Crippen molar-refractivity contribution < 1.29 is 27.4 Å². The average Bonchev–Trinajstić information content (AvgIpc) is 2.55. The van der Waals surface area contributed by atoms with E-state index in [1.165, 1.54) is 6.07 Å². The summed E-state index contributed by atoms with van der Waals surface area (Å²) in [6.45, 7) is 0. The van der Waals surface area contributed by atoms with E-state index in [-0.39, 0.29) is 10.7 Å². The molecule has 2 aromatic rings. The van der Waals surface area contributed by atoms with Gasteiger partial charge < -0.3 is 15.2 Å². The summed E-state index contributed by atoms with van der Waals surface area (Å²) in [7, 11) is 0. The van der Waals surface area contributed by atoms with E-state index < -0.39 is 18.2 Å². The summed E-state index contributed by atoms with van der Waals surface area (Å²) in [4.78, 5) is 14.3. The molecule has 0 aliphatic heterocycles. The van der Waals surface area contributed by atoms with Crippen molar-refractivity contribution >= 4 is 27.6 Å². The molecule has 0 saturated carbocycles. The first-order valence-electron chi connectivity index (χ1n) is 4.47. The topological polar surface area (TPSA) is 74.4 Å². The molecule has 2 rings (SSSR count). The molecule has 0 aliphatic carbocycles. The number of benzene rings is 1. The molecular weight excluding hydrogens is 273 g/mol. The fourth-order valence-electron chi connectivity index (χ4n) is 1.21. The van der Waals surface area contributed by atoms with Crippen LogP contribution in [-0.2, 0) is 0 Å². The van der Waals surface area contributed by atoms with E-state index in [1.807, 2.05) is 0 Å². The van der Waals surface area contributed by atoms with Crippen LogP contribution in [0.1, 0.15) is 0 Å². The Balaban J connectivity index is 2.30. The van der Waals surface area contributed by atoms with E-state index in [0.717, 1.165) is 23.5 Å². The lowest BCUT2D eigenvalue weighted by atomic mass is 10.3. The Morgan fingerprint density at radius 1 is 1.39 bits per heavy atom. The maximum absolute atomic E-state index is 12.0. The van der Waals surface area contributed by atoms with Gasteiger partial charge in [0.05, 0.1) is 10.2 Å². The summed E-state index contributed by atoms with van der Waals surface area (Å²) in [6.07, 6.45) is -5.81. The van der Waals surface area contributed by atoms with Crippen LogP contribution >= 0.6 is 11.3 Å². The van der Waals surface area contributed by atoms with Crippen LogP contribution < -0.4 is 15.2 Å². The van der Waals surface area contributed by atoms with Crippen LogP contribution in [0.2, 0.25) is 0 Å². The van der Waals surface area contributed by atoms with Gasteiger partial charge in [-0.25, -0.2) is 9.78 Å². The quantitative estimate of drug-likeness (QED) is 0.916.